The molecule has 1 aromatic heterocycles. The van der Waals surface area contributed by atoms with Crippen molar-refractivity contribution in [3.8, 4) is 23.8 Å². The van der Waals surface area contributed by atoms with Gasteiger partial charge in [0.2, 0.25) is 0 Å². The summed E-state index contributed by atoms with van der Waals surface area (Å²) in [5.41, 5.74) is 1.36. The molecule has 1 amide bonds. The van der Waals surface area contributed by atoms with Crippen LogP contribution in [0, 0.1) is 12.3 Å². The summed E-state index contributed by atoms with van der Waals surface area (Å²) >= 11 is 7.46. The Kier molecular flexibility index (Phi) is 5.48. The fourth-order valence-corrected chi connectivity index (χ4v) is 4.12. The third-order valence-electron chi connectivity index (χ3n) is 4.17. The number of rotatable bonds is 4. The zero-order valence-corrected chi connectivity index (χ0v) is 16.8. The molecule has 4 rings (SSSR count). The van der Waals surface area contributed by atoms with Gasteiger partial charge in [-0.15, -0.1) is 6.42 Å². The van der Waals surface area contributed by atoms with Crippen LogP contribution in [0.2, 0.25) is 5.02 Å². The fourth-order valence-electron chi connectivity index (χ4n) is 2.82. The predicted octanol–water partition coefficient (Wildman–Crippen LogP) is 5.52. The molecule has 3 aromatic carbocycles. The second-order valence-corrected chi connectivity index (χ2v) is 7.59. The second-order valence-electron chi connectivity index (χ2n) is 6.14. The molecule has 0 aliphatic carbocycles. The van der Waals surface area contributed by atoms with Crippen LogP contribution in [0.3, 0.4) is 0 Å². The molecule has 0 N–H and O–H groups in total. The molecular weight excluding hydrogens is 404 g/mol. The average Bonchev–Trinajstić information content (AvgIpc) is 3.05. The molecule has 142 valence electrons. The number of ether oxygens (including phenoxy) is 1. The molecule has 0 radical (unpaired) electrons. The number of fused-ring (bicyclic) bond motifs is 1. The molecule has 0 unspecified atom stereocenters. The summed E-state index contributed by atoms with van der Waals surface area (Å²) in [5, 5.41) is 0.624. The number of terminal acetylenes is 1. The van der Waals surface area contributed by atoms with Crippen LogP contribution in [0.4, 0.5) is 0 Å². The van der Waals surface area contributed by atoms with Crippen LogP contribution in [0.15, 0.2) is 77.8 Å². The predicted molar refractivity (Wildman–Crippen MR) is 117 cm³/mol. The zero-order valence-electron chi connectivity index (χ0n) is 15.2. The lowest BCUT2D eigenvalue weighted by Gasteiger charge is -2.05. The van der Waals surface area contributed by atoms with Crippen molar-refractivity contribution in [3.63, 3.8) is 0 Å². The van der Waals surface area contributed by atoms with Crippen molar-refractivity contribution in [1.29, 1.82) is 0 Å². The standard InChI is InChI=1S/C23H15ClN2O2S/c1-2-14-26-20-13-10-17(24)15-21(20)29-23(26)25-22(27)16-8-11-19(12-9-16)28-18-6-4-3-5-7-18/h1,3-13,15H,14H2. The zero-order chi connectivity index (χ0) is 20.2. The van der Waals surface area contributed by atoms with Crippen molar-refractivity contribution in [2.45, 2.75) is 6.54 Å². The van der Waals surface area contributed by atoms with Crippen LogP contribution in [-0.4, -0.2) is 10.5 Å². The van der Waals surface area contributed by atoms with Gasteiger partial charge in [0.25, 0.3) is 5.91 Å². The molecule has 0 atom stereocenters. The summed E-state index contributed by atoms with van der Waals surface area (Å²) in [5.74, 6) is 3.64. The molecule has 0 saturated heterocycles. The van der Waals surface area contributed by atoms with Gasteiger partial charge in [-0.3, -0.25) is 4.79 Å². The molecule has 6 heteroatoms. The summed E-state index contributed by atoms with van der Waals surface area (Å²) in [6.07, 6.45) is 5.50. The van der Waals surface area contributed by atoms with Gasteiger partial charge in [0, 0.05) is 10.6 Å². The first-order valence-electron chi connectivity index (χ1n) is 8.78. The third-order valence-corrected chi connectivity index (χ3v) is 5.45. The number of hydrogen-bond donors (Lipinski definition) is 0. The van der Waals surface area contributed by atoms with Crippen molar-refractivity contribution in [2.24, 2.45) is 4.99 Å². The molecule has 0 aliphatic rings. The maximum atomic E-state index is 12.7. The van der Waals surface area contributed by atoms with E-state index in [1.807, 2.05) is 47.0 Å². The summed E-state index contributed by atoms with van der Waals surface area (Å²) in [7, 11) is 0. The van der Waals surface area contributed by atoms with E-state index in [1.54, 1.807) is 30.3 Å². The third kappa shape index (κ3) is 4.24. The normalized spacial score (nSPS) is 11.4. The lowest BCUT2D eigenvalue weighted by Crippen LogP contribution is -2.16. The van der Waals surface area contributed by atoms with E-state index >= 15 is 0 Å². The van der Waals surface area contributed by atoms with Crippen molar-refractivity contribution in [1.82, 2.24) is 4.57 Å². The lowest BCUT2D eigenvalue weighted by molar-refractivity contribution is 0.0998. The number of amides is 1. The van der Waals surface area contributed by atoms with Crippen LogP contribution in [0.25, 0.3) is 10.2 Å². The molecule has 4 nitrogen and oxygen atoms in total. The molecule has 0 saturated carbocycles. The van der Waals surface area contributed by atoms with E-state index in [0.29, 0.717) is 27.7 Å². The van der Waals surface area contributed by atoms with Crippen LogP contribution >= 0.6 is 22.9 Å². The number of halogens is 1. The van der Waals surface area contributed by atoms with Gasteiger partial charge in [0.1, 0.15) is 11.5 Å². The van der Waals surface area contributed by atoms with E-state index in [0.717, 1.165) is 16.0 Å². The Hall–Kier alpha value is -3.33. The number of carbonyl (C=O) groups is 1. The van der Waals surface area contributed by atoms with Gasteiger partial charge in [-0.2, -0.15) is 4.99 Å². The van der Waals surface area contributed by atoms with Crippen LogP contribution in [0.5, 0.6) is 11.5 Å². The van der Waals surface area contributed by atoms with E-state index in [1.165, 1.54) is 11.3 Å². The van der Waals surface area contributed by atoms with Crippen molar-refractivity contribution < 1.29 is 9.53 Å². The molecule has 0 fully saturated rings. The van der Waals surface area contributed by atoms with Crippen molar-refractivity contribution in [2.75, 3.05) is 0 Å². The highest BCUT2D eigenvalue weighted by Crippen LogP contribution is 2.23. The van der Waals surface area contributed by atoms with E-state index < -0.39 is 0 Å². The fraction of sp³-hybridized carbons (Fsp3) is 0.0435. The smallest absolute Gasteiger partial charge is 0.279 e. The first kappa shape index (κ1) is 19.0. The molecular formula is C23H15ClN2O2S. The Balaban J connectivity index is 1.64. The Morgan fingerprint density at radius 3 is 2.52 bits per heavy atom. The van der Waals surface area contributed by atoms with Gasteiger partial charge in [0.05, 0.1) is 16.8 Å². The maximum absolute atomic E-state index is 12.7. The highest BCUT2D eigenvalue weighted by molar-refractivity contribution is 7.16. The number of aromatic nitrogens is 1. The van der Waals surface area contributed by atoms with Crippen molar-refractivity contribution in [3.05, 3.63) is 88.2 Å². The Morgan fingerprint density at radius 2 is 1.79 bits per heavy atom. The number of hydrogen-bond acceptors (Lipinski definition) is 3. The maximum Gasteiger partial charge on any atom is 0.279 e. The van der Waals surface area contributed by atoms with Crippen LogP contribution < -0.4 is 9.54 Å². The Bertz CT molecular complexity index is 1280. The summed E-state index contributed by atoms with van der Waals surface area (Å²) in [4.78, 5) is 17.5. The largest absolute Gasteiger partial charge is 0.457 e. The quantitative estimate of drug-likeness (QED) is 0.409. The Labute approximate surface area is 176 Å². The highest BCUT2D eigenvalue weighted by atomic mass is 35.5. The van der Waals surface area contributed by atoms with Crippen LogP contribution in [-0.2, 0) is 6.54 Å². The number of nitrogens with zero attached hydrogens (tertiary/aromatic N) is 2. The van der Waals surface area contributed by atoms with Gasteiger partial charge in [-0.1, -0.05) is 47.1 Å². The van der Waals surface area contributed by atoms with Gasteiger partial charge >= 0.3 is 0 Å². The summed E-state index contributed by atoms with van der Waals surface area (Å²) in [6, 6.07) is 21.8. The number of carbonyl (C=O) groups excluding carboxylic acids is 1. The van der Waals surface area contributed by atoms with Crippen molar-refractivity contribution >= 4 is 39.1 Å². The average molecular weight is 419 g/mol. The first-order chi connectivity index (χ1) is 14.1. The SMILES string of the molecule is C#CCn1c(=NC(=O)c2ccc(Oc3ccccc3)cc2)sc2cc(Cl)ccc21. The molecule has 0 aliphatic heterocycles. The van der Waals surface area contributed by atoms with Gasteiger partial charge in [-0.25, -0.2) is 0 Å². The minimum absolute atomic E-state index is 0.317. The van der Waals surface area contributed by atoms with Gasteiger partial charge in [-0.05, 0) is 54.6 Å². The first-order valence-corrected chi connectivity index (χ1v) is 9.98. The van der Waals surface area contributed by atoms with Gasteiger partial charge in [0.15, 0.2) is 4.80 Å². The topological polar surface area (TPSA) is 43.6 Å². The number of benzene rings is 3. The second kappa shape index (κ2) is 8.36. The van der Waals surface area contributed by atoms with Crippen LogP contribution in [0.1, 0.15) is 10.4 Å². The minimum Gasteiger partial charge on any atom is -0.457 e. The lowest BCUT2D eigenvalue weighted by atomic mass is 10.2. The number of thiazole rings is 1. The Morgan fingerprint density at radius 1 is 1.07 bits per heavy atom. The molecule has 1 heterocycles. The molecule has 0 spiro atoms. The van der Waals surface area contributed by atoms with E-state index in [9.17, 15) is 4.79 Å². The molecule has 0 bridgehead atoms. The monoisotopic (exact) mass is 418 g/mol. The van der Waals surface area contributed by atoms with E-state index in [4.69, 9.17) is 22.8 Å². The molecule has 29 heavy (non-hydrogen) atoms. The molecule has 4 aromatic rings. The number of para-hydroxylation sites is 1. The highest BCUT2D eigenvalue weighted by Gasteiger charge is 2.10. The summed E-state index contributed by atoms with van der Waals surface area (Å²) in [6.45, 7) is 0.317. The minimum atomic E-state index is -0.348. The van der Waals surface area contributed by atoms with E-state index in [2.05, 4.69) is 10.9 Å². The van der Waals surface area contributed by atoms with E-state index in [-0.39, 0.29) is 5.91 Å². The van der Waals surface area contributed by atoms with Gasteiger partial charge < -0.3 is 9.30 Å². The summed E-state index contributed by atoms with van der Waals surface area (Å²) < 4.78 is 8.51.